The number of halogens is 2. The summed E-state index contributed by atoms with van der Waals surface area (Å²) in [5.41, 5.74) is 6.64. The average Bonchev–Trinajstić information content (AvgIpc) is 2.12. The molecule has 0 saturated heterocycles. The van der Waals surface area contributed by atoms with Crippen molar-refractivity contribution in [3.63, 3.8) is 0 Å². The molecule has 0 aliphatic carbocycles. The fourth-order valence-corrected chi connectivity index (χ4v) is 3.23. The zero-order valence-corrected chi connectivity index (χ0v) is 12.6. The van der Waals surface area contributed by atoms with Crippen molar-refractivity contribution in [1.29, 1.82) is 0 Å². The summed E-state index contributed by atoms with van der Waals surface area (Å²) in [4.78, 5) is 10.5. The van der Waals surface area contributed by atoms with E-state index in [4.69, 9.17) is 10.8 Å². The number of hydrogen-bond acceptors (Lipinski definition) is 3. The second-order valence-electron chi connectivity index (χ2n) is 3.47. The number of aromatic hydroxyl groups is 1. The number of hydrogen-bond donors (Lipinski definition) is 3. The van der Waals surface area contributed by atoms with E-state index >= 15 is 0 Å². The second kappa shape index (κ2) is 6.01. The Morgan fingerprint density at radius 3 is 2.31 bits per heavy atom. The van der Waals surface area contributed by atoms with Gasteiger partial charge in [-0.05, 0) is 69.3 Å². The van der Waals surface area contributed by atoms with Crippen LogP contribution in [-0.2, 0) is 11.2 Å². The molecule has 6 heteroatoms. The first-order chi connectivity index (χ1) is 7.40. The minimum atomic E-state index is -0.893. The summed E-state index contributed by atoms with van der Waals surface area (Å²) in [6.45, 7) is 0. The van der Waals surface area contributed by atoms with E-state index in [9.17, 15) is 9.90 Å². The fraction of sp³-hybridized carbons (Fsp3) is 0.300. The molecular weight excluding hydrogens is 436 g/mol. The molecule has 0 saturated carbocycles. The second-order valence-corrected chi connectivity index (χ2v) is 5.79. The van der Waals surface area contributed by atoms with Crippen LogP contribution in [0.5, 0.6) is 5.75 Å². The number of aliphatic carboxylic acids is 1. The van der Waals surface area contributed by atoms with Crippen molar-refractivity contribution in [2.75, 3.05) is 0 Å². The molecule has 0 aromatic heterocycles. The molecule has 1 aromatic carbocycles. The molecule has 0 aliphatic heterocycles. The number of rotatable bonds is 4. The smallest absolute Gasteiger partial charge is 0.304 e. The molecule has 0 heterocycles. The van der Waals surface area contributed by atoms with Gasteiger partial charge in [0, 0.05) is 6.04 Å². The van der Waals surface area contributed by atoms with Crippen LogP contribution in [0.1, 0.15) is 12.0 Å². The van der Waals surface area contributed by atoms with E-state index in [1.165, 1.54) is 0 Å². The summed E-state index contributed by atoms with van der Waals surface area (Å²) in [6, 6.07) is 3.24. The van der Waals surface area contributed by atoms with Gasteiger partial charge in [0.1, 0.15) is 5.75 Å². The van der Waals surface area contributed by atoms with Crippen molar-refractivity contribution in [2.24, 2.45) is 5.73 Å². The van der Waals surface area contributed by atoms with Gasteiger partial charge in [-0.15, -0.1) is 0 Å². The van der Waals surface area contributed by atoms with Gasteiger partial charge in [-0.3, -0.25) is 4.79 Å². The number of phenols is 1. The Hall–Kier alpha value is -0.0900. The largest absolute Gasteiger partial charge is 0.506 e. The predicted molar refractivity (Wildman–Crippen MR) is 77.5 cm³/mol. The Kier molecular flexibility index (Phi) is 5.25. The standard InChI is InChI=1S/C10H11I2NO3/c11-7-2-5(3-8(12)10(7)16)1-6(13)4-9(14)15/h2-3,6,16H,1,4,13H2,(H,14,15)/t6-/m0/s1. The van der Waals surface area contributed by atoms with Crippen LogP contribution in [0, 0.1) is 7.14 Å². The van der Waals surface area contributed by atoms with Crippen LogP contribution in [-0.4, -0.2) is 22.2 Å². The molecule has 4 N–H and O–H groups in total. The van der Waals surface area contributed by atoms with Gasteiger partial charge < -0.3 is 15.9 Å². The lowest BCUT2D eigenvalue weighted by atomic mass is 10.0. The van der Waals surface area contributed by atoms with Crippen molar-refractivity contribution >= 4 is 51.2 Å². The first-order valence-corrected chi connectivity index (χ1v) is 6.70. The number of carbonyl (C=O) groups is 1. The van der Waals surface area contributed by atoms with Crippen molar-refractivity contribution in [1.82, 2.24) is 0 Å². The van der Waals surface area contributed by atoms with Crippen molar-refractivity contribution in [2.45, 2.75) is 18.9 Å². The lowest BCUT2D eigenvalue weighted by Crippen LogP contribution is -2.26. The third-order valence-corrected chi connectivity index (χ3v) is 3.66. The third-order valence-electron chi connectivity index (χ3n) is 2.01. The molecule has 4 nitrogen and oxygen atoms in total. The first-order valence-electron chi connectivity index (χ1n) is 4.54. The van der Waals surface area contributed by atoms with Crippen LogP contribution in [0.3, 0.4) is 0 Å². The van der Waals surface area contributed by atoms with Gasteiger partial charge in [-0.1, -0.05) is 0 Å². The van der Waals surface area contributed by atoms with Crippen molar-refractivity contribution < 1.29 is 15.0 Å². The van der Waals surface area contributed by atoms with E-state index in [0.717, 1.165) is 12.7 Å². The highest BCUT2D eigenvalue weighted by molar-refractivity contribution is 14.1. The van der Waals surface area contributed by atoms with Crippen molar-refractivity contribution in [3.8, 4) is 5.75 Å². The highest BCUT2D eigenvalue weighted by atomic mass is 127. The lowest BCUT2D eigenvalue weighted by molar-refractivity contribution is -0.137. The number of benzene rings is 1. The van der Waals surface area contributed by atoms with E-state index in [0.29, 0.717) is 6.42 Å². The third kappa shape index (κ3) is 4.06. The fourth-order valence-electron chi connectivity index (χ4n) is 1.34. The van der Waals surface area contributed by atoms with Gasteiger partial charge in [-0.25, -0.2) is 0 Å². The first kappa shape index (κ1) is 14.0. The summed E-state index contributed by atoms with van der Waals surface area (Å²) in [6.07, 6.45) is 0.451. The van der Waals surface area contributed by atoms with Crippen LogP contribution < -0.4 is 5.73 Å². The summed E-state index contributed by atoms with van der Waals surface area (Å²) in [7, 11) is 0. The topological polar surface area (TPSA) is 83.6 Å². The molecule has 0 spiro atoms. The maximum absolute atomic E-state index is 10.5. The molecule has 0 amide bonds. The highest BCUT2D eigenvalue weighted by Gasteiger charge is 2.11. The van der Waals surface area contributed by atoms with Crippen LogP contribution in [0.2, 0.25) is 0 Å². The molecule has 1 rings (SSSR count). The summed E-state index contributed by atoms with van der Waals surface area (Å²) in [5, 5.41) is 18.2. The number of carboxylic acid groups (broad SMARTS) is 1. The van der Waals surface area contributed by atoms with E-state index in [1.54, 1.807) is 0 Å². The maximum atomic E-state index is 10.5. The summed E-state index contributed by atoms with van der Waals surface area (Å²) < 4.78 is 1.50. The average molecular weight is 447 g/mol. The van der Waals surface area contributed by atoms with E-state index in [-0.39, 0.29) is 12.2 Å². The molecule has 0 fully saturated rings. The van der Waals surface area contributed by atoms with Gasteiger partial charge in [0.05, 0.1) is 13.6 Å². The Balaban J connectivity index is 2.78. The molecule has 88 valence electrons. The molecular formula is C10H11I2NO3. The molecule has 16 heavy (non-hydrogen) atoms. The number of carboxylic acids is 1. The Labute approximate surface area is 121 Å². The Bertz CT molecular complexity index is 386. The number of phenolic OH excluding ortho intramolecular Hbond substituents is 1. The molecule has 1 atom stereocenters. The lowest BCUT2D eigenvalue weighted by Gasteiger charge is -2.10. The molecule has 0 radical (unpaired) electrons. The zero-order valence-electron chi connectivity index (χ0n) is 8.28. The van der Waals surface area contributed by atoms with Gasteiger partial charge in [0.25, 0.3) is 0 Å². The van der Waals surface area contributed by atoms with Crippen LogP contribution in [0.25, 0.3) is 0 Å². The van der Waals surface area contributed by atoms with Crippen LogP contribution in [0.4, 0.5) is 0 Å². The zero-order chi connectivity index (χ0) is 12.3. The Morgan fingerprint density at radius 2 is 1.88 bits per heavy atom. The van der Waals surface area contributed by atoms with Gasteiger partial charge >= 0.3 is 5.97 Å². The molecule has 1 aromatic rings. The minimum absolute atomic E-state index is 0.0476. The van der Waals surface area contributed by atoms with E-state index in [2.05, 4.69) is 0 Å². The van der Waals surface area contributed by atoms with Crippen molar-refractivity contribution in [3.05, 3.63) is 24.8 Å². The maximum Gasteiger partial charge on any atom is 0.304 e. The number of nitrogens with two attached hydrogens (primary N) is 1. The van der Waals surface area contributed by atoms with Gasteiger partial charge in [0.15, 0.2) is 0 Å². The quantitative estimate of drug-likeness (QED) is 0.617. The summed E-state index contributed by atoms with van der Waals surface area (Å²) >= 11 is 4.07. The summed E-state index contributed by atoms with van der Waals surface area (Å²) in [5.74, 6) is -0.632. The highest BCUT2D eigenvalue weighted by Crippen LogP contribution is 2.27. The minimum Gasteiger partial charge on any atom is -0.506 e. The molecule has 0 aliphatic rings. The van der Waals surface area contributed by atoms with E-state index < -0.39 is 12.0 Å². The predicted octanol–water partition coefficient (Wildman–Crippen LogP) is 1.95. The molecule has 0 bridgehead atoms. The molecule has 0 unspecified atom stereocenters. The van der Waals surface area contributed by atoms with Gasteiger partial charge in [0.2, 0.25) is 0 Å². The monoisotopic (exact) mass is 447 g/mol. The van der Waals surface area contributed by atoms with Crippen LogP contribution >= 0.6 is 45.2 Å². The van der Waals surface area contributed by atoms with Gasteiger partial charge in [-0.2, -0.15) is 0 Å². The van der Waals surface area contributed by atoms with Crippen LogP contribution in [0.15, 0.2) is 12.1 Å². The Morgan fingerprint density at radius 1 is 1.38 bits per heavy atom. The van der Waals surface area contributed by atoms with E-state index in [1.807, 2.05) is 57.3 Å². The SMILES string of the molecule is N[C@H](CC(=O)O)Cc1cc(I)c(O)c(I)c1. The normalized spacial score (nSPS) is 12.4.